The van der Waals surface area contributed by atoms with E-state index in [9.17, 15) is 4.79 Å². The van der Waals surface area contributed by atoms with Gasteiger partial charge in [-0.15, -0.1) is 11.3 Å². The zero-order valence-electron chi connectivity index (χ0n) is 11.8. The largest absolute Gasteiger partial charge is 0.491 e. The second-order valence-corrected chi connectivity index (χ2v) is 5.51. The lowest BCUT2D eigenvalue weighted by Crippen LogP contribution is -2.05. The van der Waals surface area contributed by atoms with Gasteiger partial charge in [0.1, 0.15) is 10.8 Å². The maximum Gasteiger partial charge on any atom is 0.312 e. The number of benzene rings is 1. The molecule has 20 heavy (non-hydrogen) atoms. The van der Waals surface area contributed by atoms with Gasteiger partial charge in [-0.25, -0.2) is 4.98 Å². The van der Waals surface area contributed by atoms with Crippen molar-refractivity contribution >= 4 is 17.3 Å². The van der Waals surface area contributed by atoms with Gasteiger partial charge in [-0.1, -0.05) is 0 Å². The van der Waals surface area contributed by atoms with Crippen LogP contribution in [0.3, 0.4) is 0 Å². The first-order chi connectivity index (χ1) is 9.58. The first-order valence-electron chi connectivity index (χ1n) is 6.37. The van der Waals surface area contributed by atoms with Gasteiger partial charge in [0.15, 0.2) is 0 Å². The van der Waals surface area contributed by atoms with Gasteiger partial charge >= 0.3 is 5.97 Å². The van der Waals surface area contributed by atoms with Crippen LogP contribution in [0.2, 0.25) is 0 Å². The first kappa shape index (κ1) is 14.5. The zero-order valence-corrected chi connectivity index (χ0v) is 12.6. The van der Waals surface area contributed by atoms with Crippen molar-refractivity contribution in [2.24, 2.45) is 0 Å². The molecule has 0 aliphatic rings. The van der Waals surface area contributed by atoms with Crippen LogP contribution in [0.15, 0.2) is 29.6 Å². The lowest BCUT2D eigenvalue weighted by molar-refractivity contribution is -0.139. The molecular formula is C15H17NO3S. The molecule has 5 heteroatoms. The number of carbonyl (C=O) groups is 1. The quantitative estimate of drug-likeness (QED) is 0.793. The lowest BCUT2D eigenvalue weighted by atomic mass is 10.2. The van der Waals surface area contributed by atoms with Crippen molar-refractivity contribution in [3.8, 4) is 17.0 Å². The molecule has 0 bridgehead atoms. The third-order valence-corrected chi connectivity index (χ3v) is 3.45. The number of methoxy groups -OCH3 is 1. The molecule has 106 valence electrons. The van der Waals surface area contributed by atoms with Crippen LogP contribution in [0.1, 0.15) is 18.9 Å². The standard InChI is InChI=1S/C15H17NO3S/c1-10(2)19-12-6-4-11(5-7-12)13-9-20-14(16-13)8-15(17)18-3/h4-7,9-10H,8H2,1-3H3. The minimum Gasteiger partial charge on any atom is -0.491 e. The van der Waals surface area contributed by atoms with E-state index < -0.39 is 0 Å². The summed E-state index contributed by atoms with van der Waals surface area (Å²) >= 11 is 1.46. The second-order valence-electron chi connectivity index (χ2n) is 4.57. The maximum atomic E-state index is 11.2. The average Bonchev–Trinajstić information content (AvgIpc) is 2.87. The molecule has 1 aromatic carbocycles. The summed E-state index contributed by atoms with van der Waals surface area (Å²) in [7, 11) is 1.38. The summed E-state index contributed by atoms with van der Waals surface area (Å²) in [4.78, 5) is 15.6. The van der Waals surface area contributed by atoms with Gasteiger partial charge in [0.25, 0.3) is 0 Å². The SMILES string of the molecule is COC(=O)Cc1nc(-c2ccc(OC(C)C)cc2)cs1. The molecule has 0 unspecified atom stereocenters. The van der Waals surface area contributed by atoms with Crippen LogP contribution in [0.25, 0.3) is 11.3 Å². The van der Waals surface area contributed by atoms with E-state index in [1.54, 1.807) is 0 Å². The van der Waals surface area contributed by atoms with Gasteiger partial charge < -0.3 is 9.47 Å². The average molecular weight is 291 g/mol. The molecule has 0 atom stereocenters. The van der Waals surface area contributed by atoms with Crippen molar-refractivity contribution in [2.45, 2.75) is 26.4 Å². The summed E-state index contributed by atoms with van der Waals surface area (Å²) in [6.45, 7) is 3.99. The number of carbonyl (C=O) groups excluding carboxylic acids is 1. The second kappa shape index (κ2) is 6.52. The Labute approximate surface area is 122 Å². The third-order valence-electron chi connectivity index (χ3n) is 2.60. The van der Waals surface area contributed by atoms with Crippen LogP contribution in [-0.4, -0.2) is 24.2 Å². The Morgan fingerprint density at radius 2 is 2.00 bits per heavy atom. The maximum absolute atomic E-state index is 11.2. The fourth-order valence-corrected chi connectivity index (χ4v) is 2.49. The molecular weight excluding hydrogens is 274 g/mol. The Morgan fingerprint density at radius 1 is 1.30 bits per heavy atom. The van der Waals surface area contributed by atoms with E-state index >= 15 is 0 Å². The van der Waals surface area contributed by atoms with E-state index in [4.69, 9.17) is 4.74 Å². The normalized spacial score (nSPS) is 10.6. The van der Waals surface area contributed by atoms with Gasteiger partial charge in [-0.3, -0.25) is 4.79 Å². The van der Waals surface area contributed by atoms with E-state index in [1.165, 1.54) is 18.4 Å². The number of aromatic nitrogens is 1. The van der Waals surface area contributed by atoms with Gasteiger partial charge in [0.2, 0.25) is 0 Å². The van der Waals surface area contributed by atoms with E-state index in [1.807, 2.05) is 43.5 Å². The molecule has 0 saturated heterocycles. The number of ether oxygens (including phenoxy) is 2. The summed E-state index contributed by atoms with van der Waals surface area (Å²) in [6.07, 6.45) is 0.377. The monoisotopic (exact) mass is 291 g/mol. The Bertz CT molecular complexity index is 575. The van der Waals surface area contributed by atoms with Gasteiger partial charge in [0, 0.05) is 10.9 Å². The molecule has 0 saturated carbocycles. The Hall–Kier alpha value is -1.88. The molecule has 1 aromatic heterocycles. The Kier molecular flexibility index (Phi) is 4.74. The highest BCUT2D eigenvalue weighted by Crippen LogP contribution is 2.24. The third kappa shape index (κ3) is 3.81. The molecule has 2 aromatic rings. The van der Waals surface area contributed by atoms with Gasteiger partial charge in [-0.2, -0.15) is 0 Å². The van der Waals surface area contributed by atoms with Crippen molar-refractivity contribution in [1.29, 1.82) is 0 Å². The fraction of sp³-hybridized carbons (Fsp3) is 0.333. The van der Waals surface area contributed by atoms with Crippen LogP contribution >= 0.6 is 11.3 Å². The molecule has 0 spiro atoms. The first-order valence-corrected chi connectivity index (χ1v) is 7.24. The van der Waals surface area contributed by atoms with Crippen LogP contribution < -0.4 is 4.74 Å². The van der Waals surface area contributed by atoms with Crippen molar-refractivity contribution in [1.82, 2.24) is 4.98 Å². The van der Waals surface area contributed by atoms with E-state index in [0.717, 1.165) is 22.0 Å². The topological polar surface area (TPSA) is 48.4 Å². The highest BCUT2D eigenvalue weighted by molar-refractivity contribution is 7.10. The van der Waals surface area contributed by atoms with Crippen LogP contribution in [0.4, 0.5) is 0 Å². The number of rotatable bonds is 5. The summed E-state index contributed by atoms with van der Waals surface area (Å²) in [5.74, 6) is 0.570. The van der Waals surface area contributed by atoms with Crippen LogP contribution in [0.5, 0.6) is 5.75 Å². The molecule has 0 aliphatic heterocycles. The van der Waals surface area contributed by atoms with E-state index in [-0.39, 0.29) is 18.5 Å². The van der Waals surface area contributed by atoms with Crippen molar-refractivity contribution in [2.75, 3.05) is 7.11 Å². The molecule has 2 rings (SSSR count). The Balaban J connectivity index is 2.10. The van der Waals surface area contributed by atoms with E-state index in [2.05, 4.69) is 9.72 Å². The Morgan fingerprint density at radius 3 is 2.60 bits per heavy atom. The van der Waals surface area contributed by atoms with E-state index in [0.29, 0.717) is 0 Å². The number of hydrogen-bond acceptors (Lipinski definition) is 5. The molecule has 0 N–H and O–H groups in total. The summed E-state index contributed by atoms with van der Waals surface area (Å²) < 4.78 is 10.2. The van der Waals surface area contributed by atoms with Crippen molar-refractivity contribution < 1.29 is 14.3 Å². The van der Waals surface area contributed by atoms with Gasteiger partial charge in [0.05, 0.1) is 25.3 Å². The zero-order chi connectivity index (χ0) is 14.5. The molecule has 0 fully saturated rings. The highest BCUT2D eigenvalue weighted by Gasteiger charge is 2.09. The van der Waals surface area contributed by atoms with Crippen LogP contribution in [0, 0.1) is 0 Å². The lowest BCUT2D eigenvalue weighted by Gasteiger charge is -2.09. The molecule has 0 aliphatic carbocycles. The number of esters is 1. The highest BCUT2D eigenvalue weighted by atomic mass is 32.1. The van der Waals surface area contributed by atoms with Crippen LogP contribution in [-0.2, 0) is 16.0 Å². The summed E-state index contributed by atoms with van der Waals surface area (Å²) in [6, 6.07) is 7.78. The van der Waals surface area contributed by atoms with Gasteiger partial charge in [-0.05, 0) is 38.1 Å². The fourth-order valence-electron chi connectivity index (χ4n) is 1.70. The predicted octanol–water partition coefficient (Wildman–Crippen LogP) is 3.31. The number of thiazole rings is 1. The minimum atomic E-state index is -0.272. The van der Waals surface area contributed by atoms with Crippen molar-refractivity contribution in [3.63, 3.8) is 0 Å². The molecule has 1 heterocycles. The number of nitrogens with zero attached hydrogens (tertiary/aromatic N) is 1. The molecule has 4 nitrogen and oxygen atoms in total. The smallest absolute Gasteiger partial charge is 0.312 e. The minimum absolute atomic E-state index is 0.159. The van der Waals surface area contributed by atoms with Crippen molar-refractivity contribution in [3.05, 3.63) is 34.7 Å². The number of hydrogen-bond donors (Lipinski definition) is 0. The molecule has 0 radical (unpaired) electrons. The summed E-state index contributed by atoms with van der Waals surface area (Å²) in [5.41, 5.74) is 1.87. The predicted molar refractivity (Wildman–Crippen MR) is 79.0 cm³/mol. The summed E-state index contributed by atoms with van der Waals surface area (Å²) in [5, 5.41) is 2.70. The molecule has 0 amide bonds.